The lowest BCUT2D eigenvalue weighted by Gasteiger charge is -2.04. The van der Waals surface area contributed by atoms with Gasteiger partial charge >= 0.3 is 0 Å². The standard InChI is InChI=1S/C8H10O3S.C7H8O3S/c1-6-4-3-5-7(2)8(6)12(9,10)11;1-6-2-4-7(5-3-6)11(8,9)10/h3-5H,1-2H3,(H,9,10,11);2-5H,1H3,(H,8,9,10). The van der Waals surface area contributed by atoms with Crippen molar-refractivity contribution in [1.82, 2.24) is 0 Å². The molecule has 126 valence electrons. The topological polar surface area (TPSA) is 109 Å². The van der Waals surface area contributed by atoms with Crippen LogP contribution in [-0.4, -0.2) is 25.9 Å². The van der Waals surface area contributed by atoms with Crippen LogP contribution in [0.15, 0.2) is 52.3 Å². The molecule has 0 saturated heterocycles. The predicted molar refractivity (Wildman–Crippen MR) is 86.7 cm³/mol. The van der Waals surface area contributed by atoms with E-state index in [1.807, 2.05) is 6.92 Å². The Morgan fingerprint density at radius 1 is 0.696 bits per heavy atom. The lowest BCUT2D eigenvalue weighted by molar-refractivity contribution is 0.480. The fourth-order valence-corrected chi connectivity index (χ4v) is 3.35. The van der Waals surface area contributed by atoms with E-state index in [0.29, 0.717) is 11.1 Å². The molecular weight excluding hydrogens is 340 g/mol. The van der Waals surface area contributed by atoms with Crippen LogP contribution in [0.2, 0.25) is 0 Å². The van der Waals surface area contributed by atoms with Crippen LogP contribution in [0.3, 0.4) is 0 Å². The molecule has 0 bridgehead atoms. The molecule has 2 rings (SSSR count). The van der Waals surface area contributed by atoms with Gasteiger partial charge in [0.05, 0.1) is 9.79 Å². The second kappa shape index (κ2) is 7.22. The summed E-state index contributed by atoms with van der Waals surface area (Å²) in [6.45, 7) is 5.14. The summed E-state index contributed by atoms with van der Waals surface area (Å²) < 4.78 is 60.0. The maximum absolute atomic E-state index is 10.8. The highest BCUT2D eigenvalue weighted by Gasteiger charge is 2.14. The molecular formula is C15H18O6S2. The van der Waals surface area contributed by atoms with Crippen LogP contribution in [0.1, 0.15) is 16.7 Å². The first kappa shape index (κ1) is 19.3. The average molecular weight is 358 g/mol. The normalized spacial score (nSPS) is 11.5. The molecule has 8 heteroatoms. The largest absolute Gasteiger partial charge is 0.295 e. The van der Waals surface area contributed by atoms with E-state index in [2.05, 4.69) is 0 Å². The van der Waals surface area contributed by atoms with Gasteiger partial charge in [-0.05, 0) is 44.0 Å². The molecule has 0 aromatic heterocycles. The van der Waals surface area contributed by atoms with Gasteiger partial charge in [0, 0.05) is 0 Å². The zero-order valence-corrected chi connectivity index (χ0v) is 14.5. The summed E-state index contributed by atoms with van der Waals surface area (Å²) in [5.41, 5.74) is 2.09. The Hall–Kier alpha value is -1.74. The molecule has 0 radical (unpaired) electrons. The number of hydrogen-bond donors (Lipinski definition) is 2. The zero-order chi connectivity index (χ0) is 17.8. The smallest absolute Gasteiger partial charge is 0.282 e. The summed E-state index contributed by atoms with van der Waals surface area (Å²) in [6, 6.07) is 11.0. The number of rotatable bonds is 2. The first-order chi connectivity index (χ1) is 10.4. The minimum Gasteiger partial charge on any atom is -0.282 e. The van der Waals surface area contributed by atoms with Crippen molar-refractivity contribution in [2.75, 3.05) is 0 Å². The molecule has 0 aliphatic rings. The van der Waals surface area contributed by atoms with E-state index in [1.54, 1.807) is 44.2 Å². The Morgan fingerprint density at radius 3 is 1.43 bits per heavy atom. The van der Waals surface area contributed by atoms with Crippen molar-refractivity contribution in [3.8, 4) is 0 Å². The second-order valence-corrected chi connectivity index (χ2v) is 7.76. The quantitative estimate of drug-likeness (QED) is 0.799. The van der Waals surface area contributed by atoms with Crippen LogP contribution in [0.5, 0.6) is 0 Å². The highest BCUT2D eigenvalue weighted by atomic mass is 32.2. The third kappa shape index (κ3) is 5.76. The molecule has 2 aromatic rings. The molecule has 23 heavy (non-hydrogen) atoms. The van der Waals surface area contributed by atoms with E-state index >= 15 is 0 Å². The molecule has 0 unspecified atom stereocenters. The average Bonchev–Trinajstić information content (AvgIpc) is 2.37. The minimum atomic E-state index is -4.06. The summed E-state index contributed by atoms with van der Waals surface area (Å²) >= 11 is 0. The number of aryl methyl sites for hydroxylation is 3. The van der Waals surface area contributed by atoms with E-state index in [0.717, 1.165) is 5.56 Å². The fourth-order valence-electron chi connectivity index (χ4n) is 1.92. The van der Waals surface area contributed by atoms with E-state index in [4.69, 9.17) is 9.11 Å². The molecule has 6 nitrogen and oxygen atoms in total. The minimum absolute atomic E-state index is 0.0185. The Labute approximate surface area is 136 Å². The molecule has 0 amide bonds. The second-order valence-electron chi connectivity index (χ2n) is 4.98. The lowest BCUT2D eigenvalue weighted by atomic mass is 10.2. The van der Waals surface area contributed by atoms with Gasteiger partial charge in [-0.3, -0.25) is 9.11 Å². The van der Waals surface area contributed by atoms with Gasteiger partial charge in [-0.15, -0.1) is 0 Å². The molecule has 0 fully saturated rings. The van der Waals surface area contributed by atoms with Gasteiger partial charge in [-0.1, -0.05) is 35.9 Å². The summed E-state index contributed by atoms with van der Waals surface area (Å²) in [7, 11) is -8.08. The summed E-state index contributed by atoms with van der Waals surface area (Å²) in [6.07, 6.45) is 0. The van der Waals surface area contributed by atoms with Crippen molar-refractivity contribution >= 4 is 20.2 Å². The SMILES string of the molecule is Cc1ccc(S(=O)(=O)O)cc1.Cc1cccc(C)c1S(=O)(=O)O. The van der Waals surface area contributed by atoms with Crippen molar-refractivity contribution in [3.63, 3.8) is 0 Å². The predicted octanol–water partition coefficient (Wildman–Crippen LogP) is 2.79. The number of benzene rings is 2. The third-order valence-corrected chi connectivity index (χ3v) is 5.01. The summed E-state index contributed by atoms with van der Waals surface area (Å²) in [4.78, 5) is -0.0481. The van der Waals surface area contributed by atoms with Gasteiger partial charge in [0.25, 0.3) is 20.2 Å². The van der Waals surface area contributed by atoms with Crippen molar-refractivity contribution < 1.29 is 25.9 Å². The molecule has 0 heterocycles. The van der Waals surface area contributed by atoms with E-state index in [1.165, 1.54) is 12.1 Å². The monoisotopic (exact) mass is 358 g/mol. The van der Waals surface area contributed by atoms with Crippen LogP contribution in [0.4, 0.5) is 0 Å². The van der Waals surface area contributed by atoms with Crippen molar-refractivity contribution in [1.29, 1.82) is 0 Å². The zero-order valence-electron chi connectivity index (χ0n) is 12.9. The number of hydrogen-bond acceptors (Lipinski definition) is 4. The Kier molecular flexibility index (Phi) is 6.06. The van der Waals surface area contributed by atoms with Crippen LogP contribution < -0.4 is 0 Å². The molecule has 2 aromatic carbocycles. The highest BCUT2D eigenvalue weighted by Crippen LogP contribution is 2.18. The van der Waals surface area contributed by atoms with E-state index < -0.39 is 20.2 Å². The van der Waals surface area contributed by atoms with Crippen LogP contribution in [0.25, 0.3) is 0 Å². The van der Waals surface area contributed by atoms with Gasteiger partial charge in [-0.25, -0.2) is 0 Å². The van der Waals surface area contributed by atoms with Crippen LogP contribution in [-0.2, 0) is 20.2 Å². The molecule has 0 spiro atoms. The molecule has 0 aliphatic heterocycles. The Bertz CT molecular complexity index is 862. The van der Waals surface area contributed by atoms with Crippen molar-refractivity contribution in [3.05, 3.63) is 59.2 Å². The highest BCUT2D eigenvalue weighted by molar-refractivity contribution is 7.86. The fraction of sp³-hybridized carbons (Fsp3) is 0.200. The molecule has 0 aliphatic carbocycles. The Balaban J connectivity index is 0.000000231. The van der Waals surface area contributed by atoms with E-state index in [9.17, 15) is 16.8 Å². The van der Waals surface area contributed by atoms with E-state index in [-0.39, 0.29) is 9.79 Å². The maximum Gasteiger partial charge on any atom is 0.295 e. The van der Waals surface area contributed by atoms with Crippen LogP contribution >= 0.6 is 0 Å². The first-order valence-electron chi connectivity index (χ1n) is 6.51. The van der Waals surface area contributed by atoms with Crippen LogP contribution in [0, 0.1) is 20.8 Å². The van der Waals surface area contributed by atoms with Gasteiger partial charge in [0.15, 0.2) is 0 Å². The lowest BCUT2D eigenvalue weighted by Crippen LogP contribution is -2.03. The molecule has 0 saturated carbocycles. The van der Waals surface area contributed by atoms with Gasteiger partial charge < -0.3 is 0 Å². The Morgan fingerprint density at radius 2 is 1.13 bits per heavy atom. The summed E-state index contributed by atoms with van der Waals surface area (Å²) in [5, 5.41) is 0. The first-order valence-corrected chi connectivity index (χ1v) is 9.39. The third-order valence-electron chi connectivity index (χ3n) is 2.99. The summed E-state index contributed by atoms with van der Waals surface area (Å²) in [5.74, 6) is 0. The molecule has 2 N–H and O–H groups in total. The van der Waals surface area contributed by atoms with Crippen molar-refractivity contribution in [2.24, 2.45) is 0 Å². The van der Waals surface area contributed by atoms with Gasteiger partial charge in [0.2, 0.25) is 0 Å². The van der Waals surface area contributed by atoms with Gasteiger partial charge in [-0.2, -0.15) is 16.8 Å². The van der Waals surface area contributed by atoms with Crippen molar-refractivity contribution in [2.45, 2.75) is 30.6 Å². The van der Waals surface area contributed by atoms with Gasteiger partial charge in [0.1, 0.15) is 0 Å². The maximum atomic E-state index is 10.8. The molecule has 0 atom stereocenters.